The third-order valence-corrected chi connectivity index (χ3v) is 2.48. The quantitative estimate of drug-likeness (QED) is 0.674. The Bertz CT molecular complexity index is 315. The fraction of sp³-hybridized carbons (Fsp3) is 0.636. The molecule has 0 spiro atoms. The zero-order valence-corrected chi connectivity index (χ0v) is 9.29. The van der Waals surface area contributed by atoms with Crippen LogP contribution in [0, 0.1) is 6.92 Å². The summed E-state index contributed by atoms with van der Waals surface area (Å²) in [5.74, 6) is 1.20. The number of unbranched alkanes of at least 4 members (excludes halogenated alkanes) is 1. The Kier molecular flexibility index (Phi) is 3.86. The van der Waals surface area contributed by atoms with E-state index in [-0.39, 0.29) is 5.91 Å². The van der Waals surface area contributed by atoms with E-state index in [4.69, 9.17) is 0 Å². The van der Waals surface area contributed by atoms with Gasteiger partial charge in [-0.3, -0.25) is 0 Å². The molecule has 0 saturated heterocycles. The van der Waals surface area contributed by atoms with Crippen molar-refractivity contribution in [2.45, 2.75) is 46.6 Å². The largest absolute Gasteiger partial charge is 0.313 e. The number of aromatic nitrogens is 2. The predicted molar refractivity (Wildman–Crippen MR) is 55.2 cm³/mol. The molecule has 1 aromatic heterocycles. The maximum atomic E-state index is 11.5. The molecule has 3 nitrogen and oxygen atoms in total. The molecule has 0 atom stereocenters. The van der Waals surface area contributed by atoms with E-state index in [2.05, 4.69) is 11.5 Å². The zero-order valence-electron chi connectivity index (χ0n) is 9.29. The molecule has 14 heavy (non-hydrogen) atoms. The first-order valence-corrected chi connectivity index (χ1v) is 5.31. The Morgan fingerprint density at radius 3 is 2.79 bits per heavy atom. The fourth-order valence-corrected chi connectivity index (χ4v) is 1.50. The van der Waals surface area contributed by atoms with Crippen LogP contribution in [0.5, 0.6) is 0 Å². The van der Waals surface area contributed by atoms with Crippen LogP contribution in [-0.2, 0) is 6.54 Å². The van der Waals surface area contributed by atoms with Gasteiger partial charge in [0.05, 0.1) is 6.54 Å². The number of hydrogen-bond donors (Lipinski definition) is 0. The second-order valence-corrected chi connectivity index (χ2v) is 3.51. The van der Waals surface area contributed by atoms with E-state index in [9.17, 15) is 4.79 Å². The molecule has 0 saturated carbocycles. The Balaban J connectivity index is 2.80. The molecule has 0 radical (unpaired) electrons. The highest BCUT2D eigenvalue weighted by Crippen LogP contribution is 1.97. The van der Waals surface area contributed by atoms with Crippen molar-refractivity contribution in [3.8, 4) is 0 Å². The molecule has 3 heteroatoms. The lowest BCUT2D eigenvalue weighted by molar-refractivity contribution is -0.702. The first-order chi connectivity index (χ1) is 6.70. The van der Waals surface area contributed by atoms with Gasteiger partial charge in [0.15, 0.2) is 0 Å². The highest BCUT2D eigenvalue weighted by molar-refractivity contribution is 5.78. The summed E-state index contributed by atoms with van der Waals surface area (Å²) in [4.78, 5) is 11.5. The number of aryl methyl sites for hydroxylation is 1. The van der Waals surface area contributed by atoms with Crippen molar-refractivity contribution in [1.82, 2.24) is 4.57 Å². The minimum absolute atomic E-state index is 0.165. The SMILES string of the molecule is CCCC[n+]1ccn(C(=O)CC)c1C. The van der Waals surface area contributed by atoms with Gasteiger partial charge in [0.25, 0.3) is 5.82 Å². The van der Waals surface area contributed by atoms with Gasteiger partial charge in [-0.1, -0.05) is 20.3 Å². The molecule has 0 aliphatic rings. The summed E-state index contributed by atoms with van der Waals surface area (Å²) >= 11 is 0. The van der Waals surface area contributed by atoms with Crippen molar-refractivity contribution in [1.29, 1.82) is 0 Å². The van der Waals surface area contributed by atoms with Crippen molar-refractivity contribution in [3.63, 3.8) is 0 Å². The smallest absolute Gasteiger partial charge is 0.246 e. The van der Waals surface area contributed by atoms with Gasteiger partial charge < -0.3 is 0 Å². The summed E-state index contributed by atoms with van der Waals surface area (Å²) in [5.41, 5.74) is 0. The van der Waals surface area contributed by atoms with E-state index < -0.39 is 0 Å². The van der Waals surface area contributed by atoms with Gasteiger partial charge in [-0.25, -0.2) is 9.36 Å². The molecule has 0 N–H and O–H groups in total. The lowest BCUT2D eigenvalue weighted by atomic mass is 10.3. The summed E-state index contributed by atoms with van der Waals surface area (Å²) in [6.07, 6.45) is 6.74. The van der Waals surface area contributed by atoms with Gasteiger partial charge in [-0.05, 0) is 6.42 Å². The summed E-state index contributed by atoms with van der Waals surface area (Å²) in [6.45, 7) is 7.05. The molecule has 0 fully saturated rings. The Labute approximate surface area is 85.4 Å². The molecule has 1 rings (SSSR count). The molecule has 0 aliphatic heterocycles. The average molecular weight is 195 g/mol. The second kappa shape index (κ2) is 4.94. The average Bonchev–Trinajstić information content (AvgIpc) is 2.56. The maximum Gasteiger partial charge on any atom is 0.313 e. The molecule has 78 valence electrons. The van der Waals surface area contributed by atoms with Crippen LogP contribution >= 0.6 is 0 Å². The Morgan fingerprint density at radius 2 is 2.21 bits per heavy atom. The van der Waals surface area contributed by atoms with E-state index in [0.29, 0.717) is 6.42 Å². The first-order valence-electron chi connectivity index (χ1n) is 5.31. The van der Waals surface area contributed by atoms with Crippen LogP contribution in [0.25, 0.3) is 0 Å². The predicted octanol–water partition coefficient (Wildman–Crippen LogP) is 1.93. The summed E-state index contributed by atoms with van der Waals surface area (Å²) in [7, 11) is 0. The summed E-state index contributed by atoms with van der Waals surface area (Å²) in [6, 6.07) is 0. The molecule has 0 aliphatic carbocycles. The standard InChI is InChI=1S/C11H19N2O/c1-4-6-7-12-8-9-13(10(12)3)11(14)5-2/h8-9H,4-7H2,1-3H3/q+1. The van der Waals surface area contributed by atoms with Crippen LogP contribution in [0.1, 0.15) is 43.7 Å². The van der Waals surface area contributed by atoms with Crippen LogP contribution in [0.4, 0.5) is 0 Å². The fourth-order valence-electron chi connectivity index (χ4n) is 1.50. The van der Waals surface area contributed by atoms with Gasteiger partial charge in [-0.15, -0.1) is 0 Å². The molecule has 1 aromatic rings. The number of carbonyl (C=O) groups excluding carboxylic acids is 1. The van der Waals surface area contributed by atoms with Crippen molar-refractivity contribution < 1.29 is 9.36 Å². The molecule has 0 amide bonds. The number of rotatable bonds is 4. The van der Waals surface area contributed by atoms with E-state index in [0.717, 1.165) is 18.8 Å². The summed E-state index contributed by atoms with van der Waals surface area (Å²) in [5, 5.41) is 0. The monoisotopic (exact) mass is 195 g/mol. The van der Waals surface area contributed by atoms with Crippen molar-refractivity contribution in [2.24, 2.45) is 0 Å². The maximum absolute atomic E-state index is 11.5. The second-order valence-electron chi connectivity index (χ2n) is 3.51. The van der Waals surface area contributed by atoms with Crippen molar-refractivity contribution in [2.75, 3.05) is 0 Å². The van der Waals surface area contributed by atoms with Gasteiger partial charge in [0, 0.05) is 13.3 Å². The minimum Gasteiger partial charge on any atom is -0.246 e. The van der Waals surface area contributed by atoms with E-state index in [1.54, 1.807) is 4.57 Å². The van der Waals surface area contributed by atoms with Crippen LogP contribution in [0.2, 0.25) is 0 Å². The molecule has 0 aromatic carbocycles. The van der Waals surface area contributed by atoms with Crippen LogP contribution in [-0.4, -0.2) is 10.5 Å². The molecule has 0 unspecified atom stereocenters. The van der Waals surface area contributed by atoms with Gasteiger partial charge in [0.2, 0.25) is 0 Å². The lowest BCUT2D eigenvalue weighted by Gasteiger charge is -1.97. The van der Waals surface area contributed by atoms with Crippen molar-refractivity contribution in [3.05, 3.63) is 18.2 Å². The Morgan fingerprint density at radius 1 is 1.50 bits per heavy atom. The molecule has 0 bridgehead atoms. The van der Waals surface area contributed by atoms with Crippen molar-refractivity contribution >= 4 is 5.91 Å². The van der Waals surface area contributed by atoms with E-state index in [1.807, 2.05) is 26.2 Å². The minimum atomic E-state index is 0.165. The zero-order chi connectivity index (χ0) is 10.6. The number of hydrogen-bond acceptors (Lipinski definition) is 1. The summed E-state index contributed by atoms with van der Waals surface area (Å²) < 4.78 is 3.87. The van der Waals surface area contributed by atoms with Gasteiger partial charge in [-0.2, -0.15) is 4.57 Å². The highest BCUT2D eigenvalue weighted by Gasteiger charge is 2.16. The van der Waals surface area contributed by atoms with Crippen LogP contribution in [0.15, 0.2) is 12.4 Å². The molecular formula is C11H19N2O+. The highest BCUT2D eigenvalue weighted by atomic mass is 16.2. The third-order valence-electron chi connectivity index (χ3n) is 2.48. The van der Waals surface area contributed by atoms with E-state index in [1.165, 1.54) is 6.42 Å². The van der Waals surface area contributed by atoms with E-state index >= 15 is 0 Å². The first kappa shape index (κ1) is 11.0. The molecular weight excluding hydrogens is 176 g/mol. The van der Waals surface area contributed by atoms with Crippen LogP contribution < -0.4 is 4.57 Å². The number of imidazole rings is 1. The topological polar surface area (TPSA) is 25.9 Å². The lowest BCUT2D eigenvalue weighted by Crippen LogP contribution is -2.36. The van der Waals surface area contributed by atoms with Crippen LogP contribution in [0.3, 0.4) is 0 Å². The number of carbonyl (C=O) groups is 1. The normalized spacial score (nSPS) is 10.5. The Hall–Kier alpha value is -1.12. The number of nitrogens with zero attached hydrogens (tertiary/aromatic N) is 2. The molecule has 1 heterocycles. The third kappa shape index (κ3) is 2.22. The van der Waals surface area contributed by atoms with Gasteiger partial charge in [0.1, 0.15) is 12.4 Å². The van der Waals surface area contributed by atoms with Gasteiger partial charge >= 0.3 is 5.91 Å².